The second kappa shape index (κ2) is 7.81. The number of fused-ring (bicyclic) bond motifs is 1. The lowest BCUT2D eigenvalue weighted by atomic mass is 9.97. The minimum Gasteiger partial charge on any atom is -0.465 e. The molecular weight excluding hydrogens is 304 g/mol. The SMILES string of the molecule is Cn1cc(CC(N)C(=O)OCCC2CCOCC2)c2ccccc21. The Balaban J connectivity index is 1.51. The number of nitrogens with two attached hydrogens (primary N) is 1. The zero-order valence-electron chi connectivity index (χ0n) is 14.2. The molecule has 2 aromatic rings. The molecule has 0 spiro atoms. The highest BCUT2D eigenvalue weighted by Gasteiger charge is 2.19. The highest BCUT2D eigenvalue weighted by atomic mass is 16.5. The fourth-order valence-electron chi connectivity index (χ4n) is 3.38. The van der Waals surface area contributed by atoms with E-state index in [-0.39, 0.29) is 5.97 Å². The summed E-state index contributed by atoms with van der Waals surface area (Å²) in [6.45, 7) is 2.09. The molecule has 130 valence electrons. The molecule has 0 aliphatic carbocycles. The Labute approximate surface area is 142 Å². The fraction of sp³-hybridized carbons (Fsp3) is 0.526. The first kappa shape index (κ1) is 17.0. The monoisotopic (exact) mass is 330 g/mol. The molecule has 2 heterocycles. The van der Waals surface area contributed by atoms with Gasteiger partial charge in [0, 0.05) is 43.8 Å². The third-order valence-corrected chi connectivity index (χ3v) is 4.83. The van der Waals surface area contributed by atoms with Crippen molar-refractivity contribution in [2.45, 2.75) is 31.7 Å². The average molecular weight is 330 g/mol. The van der Waals surface area contributed by atoms with Crippen molar-refractivity contribution in [1.82, 2.24) is 4.57 Å². The van der Waals surface area contributed by atoms with Crippen molar-refractivity contribution >= 4 is 16.9 Å². The Morgan fingerprint density at radius 1 is 1.38 bits per heavy atom. The normalized spacial score (nSPS) is 17.1. The molecule has 1 aromatic carbocycles. The molecule has 1 unspecified atom stereocenters. The number of carbonyl (C=O) groups excluding carboxylic acids is 1. The van der Waals surface area contributed by atoms with Gasteiger partial charge in [0.05, 0.1) is 6.61 Å². The Kier molecular flexibility index (Phi) is 5.53. The molecule has 5 heteroatoms. The molecule has 0 radical (unpaired) electrons. The molecule has 0 amide bonds. The molecule has 5 nitrogen and oxygen atoms in total. The summed E-state index contributed by atoms with van der Waals surface area (Å²) >= 11 is 0. The van der Waals surface area contributed by atoms with Crippen LogP contribution in [0, 0.1) is 5.92 Å². The summed E-state index contributed by atoms with van der Waals surface area (Å²) in [6.07, 6.45) is 5.55. The fourth-order valence-corrected chi connectivity index (χ4v) is 3.38. The minimum absolute atomic E-state index is 0.310. The van der Waals surface area contributed by atoms with Crippen LogP contribution in [0.15, 0.2) is 30.5 Å². The Morgan fingerprint density at radius 3 is 2.92 bits per heavy atom. The molecule has 1 fully saturated rings. The number of carbonyl (C=O) groups is 1. The van der Waals surface area contributed by atoms with Gasteiger partial charge < -0.3 is 19.8 Å². The summed E-state index contributed by atoms with van der Waals surface area (Å²) in [6, 6.07) is 7.52. The molecule has 24 heavy (non-hydrogen) atoms. The first-order valence-corrected chi connectivity index (χ1v) is 8.68. The van der Waals surface area contributed by atoms with Crippen LogP contribution in [0.5, 0.6) is 0 Å². The number of para-hydroxylation sites is 1. The van der Waals surface area contributed by atoms with Crippen LogP contribution in [0.25, 0.3) is 10.9 Å². The van der Waals surface area contributed by atoms with Crippen LogP contribution in [0.1, 0.15) is 24.8 Å². The van der Waals surface area contributed by atoms with E-state index in [1.54, 1.807) is 0 Å². The summed E-state index contributed by atoms with van der Waals surface area (Å²) in [5.74, 6) is 0.288. The van der Waals surface area contributed by atoms with Crippen molar-refractivity contribution in [2.24, 2.45) is 18.7 Å². The molecule has 1 saturated heterocycles. The van der Waals surface area contributed by atoms with Gasteiger partial charge >= 0.3 is 5.97 Å². The number of rotatable bonds is 6. The lowest BCUT2D eigenvalue weighted by molar-refractivity contribution is -0.145. The third kappa shape index (κ3) is 3.97. The van der Waals surface area contributed by atoms with Crippen LogP contribution in [-0.4, -0.2) is 36.4 Å². The number of aryl methyl sites for hydroxylation is 1. The maximum absolute atomic E-state index is 12.2. The van der Waals surface area contributed by atoms with E-state index >= 15 is 0 Å². The summed E-state index contributed by atoms with van der Waals surface area (Å²) < 4.78 is 12.8. The number of hydrogen-bond acceptors (Lipinski definition) is 4. The van der Waals surface area contributed by atoms with Crippen LogP contribution in [0.4, 0.5) is 0 Å². The maximum Gasteiger partial charge on any atom is 0.323 e. The average Bonchev–Trinajstić information content (AvgIpc) is 2.92. The van der Waals surface area contributed by atoms with Crippen molar-refractivity contribution in [3.05, 3.63) is 36.0 Å². The van der Waals surface area contributed by atoms with Gasteiger partial charge in [-0.15, -0.1) is 0 Å². The summed E-state index contributed by atoms with van der Waals surface area (Å²) in [7, 11) is 2.00. The molecule has 1 aliphatic rings. The van der Waals surface area contributed by atoms with E-state index in [4.69, 9.17) is 15.2 Å². The van der Waals surface area contributed by atoms with Gasteiger partial charge in [-0.25, -0.2) is 0 Å². The van der Waals surface area contributed by atoms with Crippen molar-refractivity contribution in [3.63, 3.8) is 0 Å². The minimum atomic E-state index is -0.620. The van der Waals surface area contributed by atoms with Crippen molar-refractivity contribution in [2.75, 3.05) is 19.8 Å². The zero-order chi connectivity index (χ0) is 16.9. The molecule has 3 rings (SSSR count). The van der Waals surface area contributed by atoms with E-state index < -0.39 is 6.04 Å². The zero-order valence-corrected chi connectivity index (χ0v) is 14.2. The number of benzene rings is 1. The molecule has 0 bridgehead atoms. The van der Waals surface area contributed by atoms with Gasteiger partial charge in [0.1, 0.15) is 6.04 Å². The largest absolute Gasteiger partial charge is 0.465 e. The molecule has 1 aliphatic heterocycles. The summed E-state index contributed by atoms with van der Waals surface area (Å²) in [5, 5.41) is 1.14. The molecule has 0 saturated carbocycles. The first-order valence-electron chi connectivity index (χ1n) is 8.68. The van der Waals surface area contributed by atoms with Crippen molar-refractivity contribution in [1.29, 1.82) is 0 Å². The van der Waals surface area contributed by atoms with E-state index in [9.17, 15) is 4.79 Å². The molecule has 1 aromatic heterocycles. The van der Waals surface area contributed by atoms with Gasteiger partial charge in [0.15, 0.2) is 0 Å². The maximum atomic E-state index is 12.2. The topological polar surface area (TPSA) is 66.5 Å². The van der Waals surface area contributed by atoms with E-state index in [1.165, 1.54) is 0 Å². The van der Waals surface area contributed by atoms with Gasteiger partial charge in [-0.3, -0.25) is 4.79 Å². The van der Waals surface area contributed by atoms with Gasteiger partial charge in [0.25, 0.3) is 0 Å². The molecule has 2 N–H and O–H groups in total. The quantitative estimate of drug-likeness (QED) is 0.826. The van der Waals surface area contributed by atoms with Crippen LogP contribution >= 0.6 is 0 Å². The third-order valence-electron chi connectivity index (χ3n) is 4.83. The standard InChI is InChI=1S/C19H26N2O3/c1-21-13-15(16-4-2-3-5-18(16)21)12-17(20)19(22)24-11-8-14-6-9-23-10-7-14/h2-5,13-14,17H,6-12,20H2,1H3. The lowest BCUT2D eigenvalue weighted by Crippen LogP contribution is -2.34. The van der Waals surface area contributed by atoms with E-state index in [2.05, 4.69) is 16.7 Å². The number of aromatic nitrogens is 1. The van der Waals surface area contributed by atoms with E-state index in [0.29, 0.717) is 18.9 Å². The molecule has 1 atom stereocenters. The second-order valence-corrected chi connectivity index (χ2v) is 6.60. The van der Waals surface area contributed by atoms with E-state index in [1.807, 2.05) is 25.4 Å². The summed E-state index contributed by atoms with van der Waals surface area (Å²) in [4.78, 5) is 12.2. The highest BCUT2D eigenvalue weighted by molar-refractivity contribution is 5.85. The Hall–Kier alpha value is -1.85. The Morgan fingerprint density at radius 2 is 2.12 bits per heavy atom. The smallest absolute Gasteiger partial charge is 0.323 e. The summed E-state index contributed by atoms with van der Waals surface area (Å²) in [5.41, 5.74) is 8.30. The first-order chi connectivity index (χ1) is 11.6. The van der Waals surface area contributed by atoms with Gasteiger partial charge in [-0.1, -0.05) is 18.2 Å². The van der Waals surface area contributed by atoms with Crippen LogP contribution in [0.2, 0.25) is 0 Å². The van der Waals surface area contributed by atoms with Gasteiger partial charge in [-0.05, 0) is 36.8 Å². The van der Waals surface area contributed by atoms with Crippen LogP contribution in [-0.2, 0) is 27.7 Å². The number of esters is 1. The highest BCUT2D eigenvalue weighted by Crippen LogP contribution is 2.22. The van der Waals surface area contributed by atoms with Crippen LogP contribution < -0.4 is 5.73 Å². The molecular formula is C19H26N2O3. The lowest BCUT2D eigenvalue weighted by Gasteiger charge is -2.21. The predicted molar refractivity (Wildman–Crippen MR) is 93.7 cm³/mol. The number of ether oxygens (including phenoxy) is 2. The van der Waals surface area contributed by atoms with Gasteiger partial charge in [0.2, 0.25) is 0 Å². The van der Waals surface area contributed by atoms with E-state index in [0.717, 1.165) is 48.9 Å². The predicted octanol–water partition coefficient (Wildman–Crippen LogP) is 2.41. The number of nitrogens with zero attached hydrogens (tertiary/aromatic N) is 1. The van der Waals surface area contributed by atoms with Crippen molar-refractivity contribution < 1.29 is 14.3 Å². The van der Waals surface area contributed by atoms with Gasteiger partial charge in [-0.2, -0.15) is 0 Å². The second-order valence-electron chi connectivity index (χ2n) is 6.60. The Bertz CT molecular complexity index is 689. The van der Waals surface area contributed by atoms with Crippen molar-refractivity contribution in [3.8, 4) is 0 Å². The number of hydrogen-bond donors (Lipinski definition) is 1. The van der Waals surface area contributed by atoms with Crippen LogP contribution in [0.3, 0.4) is 0 Å².